The van der Waals surface area contributed by atoms with E-state index < -0.39 is 17.7 Å². The third kappa shape index (κ3) is 7.70. The largest absolute Gasteiger partial charge is 0.355 e. The number of hydrogen-bond donors (Lipinski definition) is 4. The molecule has 1 aliphatic carbocycles. The summed E-state index contributed by atoms with van der Waals surface area (Å²) < 4.78 is 29.8. The van der Waals surface area contributed by atoms with Crippen LogP contribution in [0.1, 0.15) is 49.8 Å². The fourth-order valence-corrected chi connectivity index (χ4v) is 4.99. The predicted molar refractivity (Wildman–Crippen MR) is 147 cm³/mol. The zero-order valence-electron chi connectivity index (χ0n) is 22.4. The SMILES string of the molecule is CCCC(N[C@H]1CCc2cc(F)cc(F)c2C1)C(=O)Nc1cn(-c2ccccc2CNCCNC(C)=O)cn1. The lowest BCUT2D eigenvalue weighted by atomic mass is 9.87. The minimum absolute atomic E-state index is 0.0591. The number of fused-ring (bicyclic) bond motifs is 1. The second-order valence-electron chi connectivity index (χ2n) is 9.92. The van der Waals surface area contributed by atoms with Gasteiger partial charge < -0.3 is 25.8 Å². The number of carbonyl (C=O) groups is 2. The first-order valence-electron chi connectivity index (χ1n) is 13.4. The summed E-state index contributed by atoms with van der Waals surface area (Å²) in [6, 6.07) is 9.67. The third-order valence-corrected chi connectivity index (χ3v) is 6.89. The van der Waals surface area contributed by atoms with Crippen molar-refractivity contribution in [3.05, 3.63) is 77.2 Å². The van der Waals surface area contributed by atoms with Gasteiger partial charge in [-0.05, 0) is 54.5 Å². The van der Waals surface area contributed by atoms with Crippen LogP contribution in [0, 0.1) is 11.6 Å². The topological polar surface area (TPSA) is 100 Å². The lowest BCUT2D eigenvalue weighted by molar-refractivity contribution is -0.119. The van der Waals surface area contributed by atoms with Crippen molar-refractivity contribution in [2.75, 3.05) is 18.4 Å². The molecule has 4 N–H and O–H groups in total. The standard InChI is InChI=1S/C29H36F2N6O2/c1-3-6-26(35-23-10-9-20-13-22(30)14-25(31)24(20)15-23)29(39)36-28-17-37(18-34-28)27-8-5-4-7-21(27)16-32-11-12-33-19(2)38/h4-5,7-8,13-14,17-18,23,26,32,35H,3,6,9-12,15-16H2,1-2H3,(H,33,38)(H,36,39)/t23-,26?/m0/s1. The Morgan fingerprint density at radius 3 is 2.79 bits per heavy atom. The highest BCUT2D eigenvalue weighted by molar-refractivity contribution is 5.94. The summed E-state index contributed by atoms with van der Waals surface area (Å²) in [5.74, 6) is -0.897. The molecule has 39 heavy (non-hydrogen) atoms. The van der Waals surface area contributed by atoms with Crippen molar-refractivity contribution in [1.29, 1.82) is 0 Å². The highest BCUT2D eigenvalue weighted by atomic mass is 19.1. The summed E-state index contributed by atoms with van der Waals surface area (Å²) in [4.78, 5) is 28.6. The van der Waals surface area contributed by atoms with Gasteiger partial charge in [-0.3, -0.25) is 9.59 Å². The maximum absolute atomic E-state index is 14.4. The monoisotopic (exact) mass is 538 g/mol. The molecule has 0 fully saturated rings. The lowest BCUT2D eigenvalue weighted by Crippen LogP contribution is -2.48. The van der Waals surface area contributed by atoms with Gasteiger partial charge in [0.15, 0.2) is 5.82 Å². The molecule has 0 saturated heterocycles. The van der Waals surface area contributed by atoms with Gasteiger partial charge in [0, 0.05) is 38.7 Å². The van der Waals surface area contributed by atoms with Gasteiger partial charge in [0.05, 0.1) is 17.9 Å². The van der Waals surface area contributed by atoms with E-state index in [-0.39, 0.29) is 17.9 Å². The van der Waals surface area contributed by atoms with E-state index in [2.05, 4.69) is 26.3 Å². The van der Waals surface area contributed by atoms with E-state index in [0.29, 0.717) is 62.3 Å². The molecule has 2 amide bonds. The number of halogens is 2. The molecular formula is C29H36F2N6O2. The predicted octanol–water partition coefficient (Wildman–Crippen LogP) is 3.63. The number of imidazole rings is 1. The fourth-order valence-electron chi connectivity index (χ4n) is 4.99. The van der Waals surface area contributed by atoms with E-state index in [0.717, 1.165) is 23.7 Å². The van der Waals surface area contributed by atoms with Gasteiger partial charge >= 0.3 is 0 Å². The van der Waals surface area contributed by atoms with Crippen molar-refractivity contribution < 1.29 is 18.4 Å². The van der Waals surface area contributed by atoms with Crippen molar-refractivity contribution in [2.24, 2.45) is 0 Å². The Morgan fingerprint density at radius 1 is 1.18 bits per heavy atom. The Morgan fingerprint density at radius 2 is 2.00 bits per heavy atom. The van der Waals surface area contributed by atoms with Gasteiger partial charge in [-0.1, -0.05) is 31.5 Å². The van der Waals surface area contributed by atoms with Crippen LogP contribution in [0.2, 0.25) is 0 Å². The highest BCUT2D eigenvalue weighted by Crippen LogP contribution is 2.26. The minimum atomic E-state index is -0.554. The number of anilines is 1. The molecule has 3 aromatic rings. The van der Waals surface area contributed by atoms with Crippen LogP contribution < -0.4 is 21.3 Å². The summed E-state index contributed by atoms with van der Waals surface area (Å²) in [5.41, 5.74) is 3.21. The third-order valence-electron chi connectivity index (χ3n) is 6.89. The van der Waals surface area contributed by atoms with Gasteiger partial charge in [-0.25, -0.2) is 13.8 Å². The van der Waals surface area contributed by atoms with Crippen LogP contribution >= 0.6 is 0 Å². The molecule has 1 aromatic heterocycles. The summed E-state index contributed by atoms with van der Waals surface area (Å²) in [6.07, 6.45) is 6.53. The number of nitrogens with zero attached hydrogens (tertiary/aromatic N) is 2. The second kappa shape index (κ2) is 13.4. The first kappa shape index (κ1) is 28.4. The molecule has 0 aliphatic heterocycles. The number of aryl methyl sites for hydroxylation is 1. The number of hydrogen-bond acceptors (Lipinski definition) is 5. The van der Waals surface area contributed by atoms with Crippen LogP contribution in [-0.4, -0.2) is 46.5 Å². The Labute approximate surface area is 227 Å². The van der Waals surface area contributed by atoms with E-state index in [1.54, 1.807) is 12.5 Å². The smallest absolute Gasteiger partial charge is 0.242 e. The van der Waals surface area contributed by atoms with Crippen molar-refractivity contribution >= 4 is 17.6 Å². The molecule has 1 aliphatic rings. The number of rotatable bonds is 12. The van der Waals surface area contributed by atoms with Crippen LogP contribution in [-0.2, 0) is 29.0 Å². The van der Waals surface area contributed by atoms with Crippen molar-refractivity contribution in [3.8, 4) is 5.69 Å². The first-order chi connectivity index (χ1) is 18.8. The van der Waals surface area contributed by atoms with E-state index in [1.165, 1.54) is 13.0 Å². The van der Waals surface area contributed by atoms with Gasteiger partial charge in [-0.2, -0.15) is 0 Å². The average molecular weight is 539 g/mol. The molecule has 8 nitrogen and oxygen atoms in total. The lowest BCUT2D eigenvalue weighted by Gasteiger charge is -2.29. The van der Waals surface area contributed by atoms with E-state index in [1.807, 2.05) is 35.8 Å². The van der Waals surface area contributed by atoms with Gasteiger partial charge in [0.1, 0.15) is 18.0 Å². The average Bonchev–Trinajstić information content (AvgIpc) is 3.36. The number of carbonyl (C=O) groups excluding carboxylic acids is 2. The normalized spacial score (nSPS) is 15.4. The number of para-hydroxylation sites is 1. The molecular weight excluding hydrogens is 502 g/mol. The van der Waals surface area contributed by atoms with Crippen molar-refractivity contribution in [3.63, 3.8) is 0 Å². The van der Waals surface area contributed by atoms with Crippen LogP contribution in [0.4, 0.5) is 14.6 Å². The molecule has 10 heteroatoms. The highest BCUT2D eigenvalue weighted by Gasteiger charge is 2.27. The summed E-state index contributed by atoms with van der Waals surface area (Å²) in [6.45, 7) is 5.30. The number of benzene rings is 2. The quantitative estimate of drug-likeness (QED) is 0.264. The Bertz CT molecular complexity index is 1290. The Hall–Kier alpha value is -3.63. The Balaban J connectivity index is 1.37. The molecule has 0 saturated carbocycles. The van der Waals surface area contributed by atoms with Crippen LogP contribution in [0.5, 0.6) is 0 Å². The molecule has 1 heterocycles. The molecule has 1 unspecified atom stereocenters. The molecule has 0 radical (unpaired) electrons. The summed E-state index contributed by atoms with van der Waals surface area (Å²) >= 11 is 0. The van der Waals surface area contributed by atoms with E-state index in [9.17, 15) is 18.4 Å². The maximum atomic E-state index is 14.4. The zero-order chi connectivity index (χ0) is 27.8. The van der Waals surface area contributed by atoms with Crippen LogP contribution in [0.25, 0.3) is 5.69 Å². The molecule has 2 aromatic carbocycles. The molecule has 4 rings (SSSR count). The summed E-state index contributed by atoms with van der Waals surface area (Å²) in [7, 11) is 0. The first-order valence-corrected chi connectivity index (χ1v) is 13.4. The minimum Gasteiger partial charge on any atom is -0.355 e. The number of amides is 2. The second-order valence-corrected chi connectivity index (χ2v) is 9.92. The van der Waals surface area contributed by atoms with Crippen molar-refractivity contribution in [2.45, 2.75) is 64.6 Å². The van der Waals surface area contributed by atoms with Crippen LogP contribution in [0.15, 0.2) is 48.9 Å². The van der Waals surface area contributed by atoms with Crippen LogP contribution in [0.3, 0.4) is 0 Å². The number of nitrogens with one attached hydrogen (secondary N) is 4. The Kier molecular flexibility index (Phi) is 9.78. The maximum Gasteiger partial charge on any atom is 0.242 e. The number of aromatic nitrogens is 2. The van der Waals surface area contributed by atoms with Crippen molar-refractivity contribution in [1.82, 2.24) is 25.5 Å². The summed E-state index contributed by atoms with van der Waals surface area (Å²) in [5, 5.41) is 12.4. The van der Waals surface area contributed by atoms with E-state index >= 15 is 0 Å². The molecule has 2 atom stereocenters. The fraction of sp³-hybridized carbons (Fsp3) is 0.414. The van der Waals surface area contributed by atoms with Gasteiger partial charge in [0.25, 0.3) is 0 Å². The molecule has 0 spiro atoms. The molecule has 0 bridgehead atoms. The van der Waals surface area contributed by atoms with E-state index in [4.69, 9.17) is 0 Å². The van der Waals surface area contributed by atoms with Gasteiger partial charge in [0.2, 0.25) is 11.8 Å². The molecule has 208 valence electrons. The zero-order valence-corrected chi connectivity index (χ0v) is 22.4. The van der Waals surface area contributed by atoms with Gasteiger partial charge in [-0.15, -0.1) is 0 Å².